The zero-order chi connectivity index (χ0) is 7.40. The van der Waals surface area contributed by atoms with Gasteiger partial charge >= 0.3 is 0 Å². The lowest BCUT2D eigenvalue weighted by Crippen LogP contribution is -2.23. The van der Waals surface area contributed by atoms with Crippen LogP contribution in [-0.2, 0) is 4.79 Å². The topological polar surface area (TPSA) is 20.3 Å². The summed E-state index contributed by atoms with van der Waals surface area (Å²) in [7, 11) is 0. The molecule has 0 unspecified atom stereocenters. The first-order chi connectivity index (χ1) is 4.83. The van der Waals surface area contributed by atoms with E-state index >= 15 is 0 Å². The third-order valence-corrected chi connectivity index (χ3v) is 2.31. The largest absolute Gasteiger partial charge is 0.298 e. The van der Waals surface area contributed by atoms with E-state index in [0.29, 0.717) is 12.3 Å². The van der Waals surface area contributed by atoms with Gasteiger partial charge in [-0.2, -0.15) is 11.8 Å². The van der Waals surface area contributed by atoms with Crippen LogP contribution < -0.4 is 0 Å². The minimum Gasteiger partial charge on any atom is -0.298 e. The van der Waals surface area contributed by atoms with E-state index < -0.39 is 0 Å². The number of carbonyl (C=O) groups is 1. The Hall–Kier alpha value is -0.0200. The van der Waals surface area contributed by atoms with Crippen LogP contribution in [0.25, 0.3) is 0 Å². The van der Waals surface area contributed by atoms with Crippen LogP contribution in [0.2, 0.25) is 0 Å². The van der Waals surface area contributed by atoms with Gasteiger partial charge in [0.2, 0.25) is 0 Å². The van der Waals surface area contributed by atoms with Crippen molar-refractivity contribution < 1.29 is 4.79 Å². The van der Waals surface area contributed by atoms with E-state index in [9.17, 15) is 4.79 Å². The summed E-state index contributed by atoms with van der Waals surface area (Å²) in [5.74, 6) is 1.55. The maximum absolute atomic E-state index is 10.8. The molecule has 1 rings (SSSR count). The highest BCUT2D eigenvalue weighted by Crippen LogP contribution is 2.04. The number of thioether (sulfide) groups is 1. The first-order valence-corrected chi connectivity index (χ1v) is 4.95. The van der Waals surface area contributed by atoms with Crippen LogP contribution in [0.1, 0.15) is 6.42 Å². The van der Waals surface area contributed by atoms with Crippen molar-refractivity contribution in [3.05, 3.63) is 0 Å². The summed E-state index contributed by atoms with van der Waals surface area (Å²) in [5.41, 5.74) is 0. The second kappa shape index (κ2) is 3.98. The minimum absolute atomic E-state index is 0.404. The van der Waals surface area contributed by atoms with Gasteiger partial charge in [-0.05, 0) is 6.26 Å². The van der Waals surface area contributed by atoms with Gasteiger partial charge in [0.25, 0.3) is 0 Å². The van der Waals surface area contributed by atoms with Gasteiger partial charge in [-0.15, -0.1) is 0 Å². The third-order valence-electron chi connectivity index (χ3n) is 1.72. The van der Waals surface area contributed by atoms with Crippen LogP contribution in [0.4, 0.5) is 0 Å². The normalized spacial score (nSPS) is 20.3. The fourth-order valence-corrected chi connectivity index (χ4v) is 1.54. The highest BCUT2D eigenvalue weighted by Gasteiger charge is 2.17. The molecule has 1 saturated heterocycles. The molecular formula is C7H13NOS. The van der Waals surface area contributed by atoms with E-state index in [1.54, 1.807) is 0 Å². The number of nitrogens with zero attached hydrogens (tertiary/aromatic N) is 1. The summed E-state index contributed by atoms with van der Waals surface area (Å²) >= 11 is 1.84. The van der Waals surface area contributed by atoms with E-state index in [0.717, 1.165) is 25.3 Å². The molecule has 0 bridgehead atoms. The van der Waals surface area contributed by atoms with Crippen molar-refractivity contribution in [2.75, 3.05) is 31.6 Å². The molecule has 3 heteroatoms. The van der Waals surface area contributed by atoms with Crippen molar-refractivity contribution in [2.45, 2.75) is 6.42 Å². The Morgan fingerprint density at radius 3 is 3.00 bits per heavy atom. The second-order valence-corrected chi connectivity index (χ2v) is 3.54. The number of hydrogen-bond donors (Lipinski definition) is 0. The fourth-order valence-electron chi connectivity index (χ4n) is 1.10. The Bertz CT molecular complexity index is 127. The number of Topliss-reactive ketones (excluding diaryl/α,β-unsaturated/α-hetero) is 1. The Labute approximate surface area is 66.0 Å². The second-order valence-electron chi connectivity index (χ2n) is 2.56. The van der Waals surface area contributed by atoms with Crippen LogP contribution in [-0.4, -0.2) is 42.3 Å². The summed E-state index contributed by atoms with van der Waals surface area (Å²) in [4.78, 5) is 13.0. The minimum atomic E-state index is 0.404. The van der Waals surface area contributed by atoms with E-state index in [2.05, 4.69) is 11.2 Å². The van der Waals surface area contributed by atoms with E-state index in [1.807, 2.05) is 11.8 Å². The van der Waals surface area contributed by atoms with Gasteiger partial charge in [0, 0.05) is 25.3 Å². The number of ketones is 1. The standard InChI is InChI=1S/C7H13NOS/c1-10-5-4-8-3-2-7(9)6-8/h2-6H2,1H3. The predicted octanol–water partition coefficient (Wildman–Crippen LogP) is 0.624. The van der Waals surface area contributed by atoms with Crippen molar-refractivity contribution in [1.29, 1.82) is 0 Å². The quantitative estimate of drug-likeness (QED) is 0.602. The molecule has 1 fully saturated rings. The molecule has 2 nitrogen and oxygen atoms in total. The first-order valence-electron chi connectivity index (χ1n) is 3.56. The van der Waals surface area contributed by atoms with Crippen LogP contribution in [0.15, 0.2) is 0 Å². The smallest absolute Gasteiger partial charge is 0.148 e. The van der Waals surface area contributed by atoms with Gasteiger partial charge in [0.1, 0.15) is 5.78 Å². The zero-order valence-electron chi connectivity index (χ0n) is 6.30. The highest BCUT2D eigenvalue weighted by atomic mass is 32.2. The molecule has 1 heterocycles. The molecule has 0 radical (unpaired) electrons. The molecule has 0 amide bonds. The summed E-state index contributed by atoms with van der Waals surface area (Å²) < 4.78 is 0. The van der Waals surface area contributed by atoms with Crippen molar-refractivity contribution in [2.24, 2.45) is 0 Å². The van der Waals surface area contributed by atoms with Gasteiger partial charge in [-0.25, -0.2) is 0 Å². The Balaban J connectivity index is 2.12. The van der Waals surface area contributed by atoms with Gasteiger partial charge in [0.05, 0.1) is 6.54 Å². The van der Waals surface area contributed by atoms with Crippen molar-refractivity contribution >= 4 is 17.5 Å². The van der Waals surface area contributed by atoms with Gasteiger partial charge in [0.15, 0.2) is 0 Å². The molecular weight excluding hydrogens is 146 g/mol. The molecule has 0 aromatic carbocycles. The number of likely N-dealkylation sites (tertiary alicyclic amines) is 1. The Morgan fingerprint density at radius 2 is 2.50 bits per heavy atom. The van der Waals surface area contributed by atoms with Gasteiger partial charge in [-0.1, -0.05) is 0 Å². The fraction of sp³-hybridized carbons (Fsp3) is 0.857. The summed E-state index contributed by atoms with van der Waals surface area (Å²) in [6, 6.07) is 0. The Kier molecular flexibility index (Phi) is 3.22. The molecule has 0 spiro atoms. The SMILES string of the molecule is CSCCN1CCC(=O)C1. The number of carbonyl (C=O) groups excluding carboxylic acids is 1. The maximum atomic E-state index is 10.8. The van der Waals surface area contributed by atoms with Gasteiger partial charge < -0.3 is 0 Å². The lowest BCUT2D eigenvalue weighted by Gasteiger charge is -2.11. The average molecular weight is 159 g/mol. The molecule has 10 heavy (non-hydrogen) atoms. The van der Waals surface area contributed by atoms with Crippen LogP contribution in [0.5, 0.6) is 0 Å². The molecule has 58 valence electrons. The van der Waals surface area contributed by atoms with E-state index in [-0.39, 0.29) is 0 Å². The third kappa shape index (κ3) is 2.31. The molecule has 0 aromatic heterocycles. The first kappa shape index (κ1) is 8.08. The highest BCUT2D eigenvalue weighted by molar-refractivity contribution is 7.98. The Morgan fingerprint density at radius 1 is 1.70 bits per heavy atom. The molecule has 1 aliphatic heterocycles. The van der Waals surface area contributed by atoms with Crippen molar-refractivity contribution in [1.82, 2.24) is 4.90 Å². The van der Waals surface area contributed by atoms with Crippen LogP contribution >= 0.6 is 11.8 Å². The van der Waals surface area contributed by atoms with Crippen molar-refractivity contribution in [3.8, 4) is 0 Å². The lowest BCUT2D eigenvalue weighted by atomic mass is 10.4. The molecule has 0 aliphatic carbocycles. The van der Waals surface area contributed by atoms with Gasteiger partial charge in [-0.3, -0.25) is 9.69 Å². The molecule has 1 aliphatic rings. The predicted molar refractivity (Wildman–Crippen MR) is 44.4 cm³/mol. The van der Waals surface area contributed by atoms with Crippen LogP contribution in [0.3, 0.4) is 0 Å². The lowest BCUT2D eigenvalue weighted by molar-refractivity contribution is -0.116. The molecule has 0 atom stereocenters. The summed E-state index contributed by atoms with van der Waals surface area (Å²) in [6.07, 6.45) is 2.87. The maximum Gasteiger partial charge on any atom is 0.148 e. The molecule has 0 aromatic rings. The monoisotopic (exact) mass is 159 g/mol. The molecule has 0 N–H and O–H groups in total. The average Bonchev–Trinajstić information content (AvgIpc) is 2.31. The summed E-state index contributed by atoms with van der Waals surface area (Å²) in [5, 5.41) is 0. The number of hydrogen-bond acceptors (Lipinski definition) is 3. The molecule has 0 saturated carbocycles. The van der Waals surface area contributed by atoms with E-state index in [4.69, 9.17) is 0 Å². The van der Waals surface area contributed by atoms with Crippen LogP contribution in [0, 0.1) is 0 Å². The zero-order valence-corrected chi connectivity index (χ0v) is 7.12. The summed E-state index contributed by atoms with van der Waals surface area (Å²) in [6.45, 7) is 2.76. The van der Waals surface area contributed by atoms with Crippen molar-refractivity contribution in [3.63, 3.8) is 0 Å². The van der Waals surface area contributed by atoms with E-state index in [1.165, 1.54) is 0 Å². The number of rotatable bonds is 3.